The van der Waals surface area contributed by atoms with Crippen LogP contribution in [0.1, 0.15) is 5.56 Å². The summed E-state index contributed by atoms with van der Waals surface area (Å²) in [6.07, 6.45) is 0. The Balaban J connectivity index is 2.38. The molecule has 0 aliphatic rings. The van der Waals surface area contributed by atoms with Crippen LogP contribution in [0.15, 0.2) is 40.0 Å². The van der Waals surface area contributed by atoms with Crippen LogP contribution in [-0.4, -0.2) is 18.6 Å². The van der Waals surface area contributed by atoms with Crippen molar-refractivity contribution in [2.75, 3.05) is 4.72 Å². The molecule has 20 heavy (non-hydrogen) atoms. The van der Waals surface area contributed by atoms with Gasteiger partial charge in [0.15, 0.2) is 5.82 Å². The molecule has 0 aliphatic heterocycles. The van der Waals surface area contributed by atoms with Crippen LogP contribution in [-0.2, 0) is 10.0 Å². The van der Waals surface area contributed by atoms with E-state index in [0.717, 1.165) is 12.1 Å². The first-order valence-corrected chi connectivity index (χ1v) is 7.07. The fourth-order valence-electron chi connectivity index (χ4n) is 1.36. The number of H-pyrrole nitrogens is 1. The Morgan fingerprint density at radius 2 is 2.05 bits per heavy atom. The van der Waals surface area contributed by atoms with Crippen molar-refractivity contribution in [1.29, 1.82) is 5.26 Å². The zero-order valence-corrected chi connectivity index (χ0v) is 11.4. The highest BCUT2D eigenvalue weighted by atomic mass is 35.5. The van der Waals surface area contributed by atoms with Crippen molar-refractivity contribution < 1.29 is 8.42 Å². The van der Waals surface area contributed by atoms with Gasteiger partial charge in [0.25, 0.3) is 15.6 Å². The predicted octanol–water partition coefficient (Wildman–Crippen LogP) is 1.10. The van der Waals surface area contributed by atoms with E-state index >= 15 is 0 Å². The third-order valence-corrected chi connectivity index (χ3v) is 3.97. The molecule has 0 spiro atoms. The number of benzene rings is 1. The van der Waals surface area contributed by atoms with Crippen molar-refractivity contribution in [2.24, 2.45) is 0 Å². The topological polar surface area (TPSA) is 116 Å². The van der Waals surface area contributed by atoms with Crippen molar-refractivity contribution in [3.8, 4) is 6.07 Å². The quantitative estimate of drug-likeness (QED) is 0.880. The molecule has 0 aliphatic carbocycles. The highest BCUT2D eigenvalue weighted by molar-refractivity contribution is 7.92. The Labute approximate surface area is 118 Å². The monoisotopic (exact) mass is 310 g/mol. The van der Waals surface area contributed by atoms with E-state index in [1.165, 1.54) is 18.2 Å². The van der Waals surface area contributed by atoms with Crippen LogP contribution < -0.4 is 10.3 Å². The third kappa shape index (κ3) is 2.96. The molecule has 2 aromatic rings. The van der Waals surface area contributed by atoms with E-state index in [2.05, 4.69) is 14.9 Å². The molecule has 0 atom stereocenters. The number of halogens is 1. The lowest BCUT2D eigenvalue weighted by Crippen LogP contribution is -2.16. The second-order valence-corrected chi connectivity index (χ2v) is 5.75. The molecule has 0 fully saturated rings. The number of hydrogen-bond acceptors (Lipinski definition) is 5. The van der Waals surface area contributed by atoms with Crippen LogP contribution in [0.25, 0.3) is 0 Å². The molecule has 1 heterocycles. The molecule has 1 aromatic heterocycles. The average Bonchev–Trinajstić information content (AvgIpc) is 2.41. The number of nitrogens with one attached hydrogen (secondary N) is 2. The van der Waals surface area contributed by atoms with Crippen LogP contribution in [0.4, 0.5) is 5.82 Å². The molecule has 0 bridgehead atoms. The van der Waals surface area contributed by atoms with Crippen molar-refractivity contribution in [1.82, 2.24) is 10.2 Å². The highest BCUT2D eigenvalue weighted by Gasteiger charge is 2.16. The lowest BCUT2D eigenvalue weighted by atomic mass is 10.2. The molecule has 0 radical (unpaired) electrons. The Bertz CT molecular complexity index is 834. The van der Waals surface area contributed by atoms with Gasteiger partial charge < -0.3 is 0 Å². The van der Waals surface area contributed by atoms with Gasteiger partial charge in [-0.2, -0.15) is 10.4 Å². The summed E-state index contributed by atoms with van der Waals surface area (Å²) in [6.45, 7) is 0. The van der Waals surface area contributed by atoms with E-state index in [1.54, 1.807) is 6.07 Å². The molecule has 0 amide bonds. The average molecular weight is 311 g/mol. The van der Waals surface area contributed by atoms with E-state index < -0.39 is 15.6 Å². The van der Waals surface area contributed by atoms with Crippen molar-refractivity contribution >= 4 is 27.4 Å². The number of sulfonamides is 1. The molecule has 1 aromatic carbocycles. The molecule has 7 nitrogen and oxygen atoms in total. The molecule has 102 valence electrons. The second-order valence-electron chi connectivity index (χ2n) is 3.67. The van der Waals surface area contributed by atoms with Gasteiger partial charge in [0, 0.05) is 6.07 Å². The summed E-state index contributed by atoms with van der Waals surface area (Å²) < 4.78 is 26.3. The van der Waals surface area contributed by atoms with Crippen molar-refractivity contribution in [3.63, 3.8) is 0 Å². The van der Waals surface area contributed by atoms with Gasteiger partial charge in [-0.1, -0.05) is 11.6 Å². The summed E-state index contributed by atoms with van der Waals surface area (Å²) in [6, 6.07) is 7.87. The number of anilines is 1. The minimum absolute atomic E-state index is 0.0435. The fourth-order valence-corrected chi connectivity index (χ4v) is 2.54. The van der Waals surface area contributed by atoms with E-state index in [-0.39, 0.29) is 21.3 Å². The Hall–Kier alpha value is -2.37. The van der Waals surface area contributed by atoms with E-state index in [1.807, 2.05) is 0 Å². The summed E-state index contributed by atoms with van der Waals surface area (Å²) >= 11 is 5.73. The number of aromatic amines is 1. The number of nitriles is 1. The molecule has 9 heteroatoms. The Kier molecular flexibility index (Phi) is 3.74. The second kappa shape index (κ2) is 5.32. The summed E-state index contributed by atoms with van der Waals surface area (Å²) in [4.78, 5) is 10.7. The summed E-state index contributed by atoms with van der Waals surface area (Å²) in [7, 11) is -3.92. The van der Waals surface area contributed by atoms with E-state index in [4.69, 9.17) is 16.9 Å². The van der Waals surface area contributed by atoms with Gasteiger partial charge in [0.05, 0.1) is 15.5 Å². The minimum Gasteiger partial charge on any atom is -0.268 e. The lowest BCUT2D eigenvalue weighted by molar-refractivity contribution is 0.601. The molecule has 0 saturated carbocycles. The Morgan fingerprint density at radius 1 is 1.30 bits per heavy atom. The first-order chi connectivity index (χ1) is 9.42. The maximum atomic E-state index is 12.1. The number of rotatable bonds is 3. The maximum absolute atomic E-state index is 12.1. The molecule has 2 N–H and O–H groups in total. The molecular weight excluding hydrogens is 304 g/mol. The standard InChI is InChI=1S/C11H7ClN4O3S/c12-9-2-1-8(5-7(9)6-13)20(18,19)16-10-3-4-11(17)15-14-10/h1-5H,(H,14,16)(H,15,17). The van der Waals surface area contributed by atoms with Crippen LogP contribution >= 0.6 is 11.6 Å². The van der Waals surface area contributed by atoms with Gasteiger partial charge >= 0.3 is 0 Å². The molecule has 2 rings (SSSR count). The van der Waals surface area contributed by atoms with Crippen LogP contribution in [0, 0.1) is 11.3 Å². The van der Waals surface area contributed by atoms with Crippen LogP contribution in [0.5, 0.6) is 0 Å². The largest absolute Gasteiger partial charge is 0.268 e. The van der Waals surface area contributed by atoms with Crippen molar-refractivity contribution in [2.45, 2.75) is 4.90 Å². The lowest BCUT2D eigenvalue weighted by Gasteiger charge is -2.07. The summed E-state index contributed by atoms with van der Waals surface area (Å²) in [5.74, 6) is -0.0435. The third-order valence-electron chi connectivity index (χ3n) is 2.29. The van der Waals surface area contributed by atoms with Gasteiger partial charge in [-0.25, -0.2) is 13.5 Å². The zero-order chi connectivity index (χ0) is 14.8. The first kappa shape index (κ1) is 14.0. The number of nitrogens with zero attached hydrogens (tertiary/aromatic N) is 2. The molecular formula is C11H7ClN4O3S. The maximum Gasteiger partial charge on any atom is 0.264 e. The fraction of sp³-hybridized carbons (Fsp3) is 0. The van der Waals surface area contributed by atoms with Gasteiger partial charge in [-0.05, 0) is 24.3 Å². The number of hydrogen-bond donors (Lipinski definition) is 2. The van der Waals surface area contributed by atoms with E-state index in [0.29, 0.717) is 0 Å². The summed E-state index contributed by atoms with van der Waals surface area (Å²) in [5, 5.41) is 14.6. The minimum atomic E-state index is -3.92. The van der Waals surface area contributed by atoms with Crippen molar-refractivity contribution in [3.05, 3.63) is 51.3 Å². The first-order valence-electron chi connectivity index (χ1n) is 5.20. The SMILES string of the molecule is N#Cc1cc(S(=O)(=O)Nc2ccc(=O)[nH]n2)ccc1Cl. The van der Waals surface area contributed by atoms with Gasteiger partial charge in [0.2, 0.25) is 0 Å². The van der Waals surface area contributed by atoms with Crippen LogP contribution in [0.2, 0.25) is 5.02 Å². The zero-order valence-electron chi connectivity index (χ0n) is 9.79. The van der Waals surface area contributed by atoms with Gasteiger partial charge in [-0.3, -0.25) is 9.52 Å². The summed E-state index contributed by atoms with van der Waals surface area (Å²) in [5.41, 5.74) is -0.407. The van der Waals surface area contributed by atoms with E-state index in [9.17, 15) is 13.2 Å². The van der Waals surface area contributed by atoms with Crippen LogP contribution in [0.3, 0.4) is 0 Å². The normalized spacial score (nSPS) is 10.8. The number of aromatic nitrogens is 2. The smallest absolute Gasteiger partial charge is 0.264 e. The Morgan fingerprint density at radius 3 is 2.65 bits per heavy atom. The predicted molar refractivity (Wildman–Crippen MR) is 71.8 cm³/mol. The molecule has 0 saturated heterocycles. The molecule has 0 unspecified atom stereocenters. The van der Waals surface area contributed by atoms with Gasteiger partial charge in [0.1, 0.15) is 6.07 Å². The highest BCUT2D eigenvalue weighted by Crippen LogP contribution is 2.20. The van der Waals surface area contributed by atoms with Gasteiger partial charge in [-0.15, -0.1) is 0 Å².